The van der Waals surface area contributed by atoms with Crippen LogP contribution >= 0.6 is 0 Å². The molecule has 0 fully saturated rings. The van der Waals surface area contributed by atoms with E-state index in [4.69, 9.17) is 0 Å². The predicted molar refractivity (Wildman–Crippen MR) is 43.3 cm³/mol. The summed E-state index contributed by atoms with van der Waals surface area (Å²) in [4.78, 5) is 0. The Kier molecular flexibility index (Phi) is 4.69. The van der Waals surface area contributed by atoms with Crippen LogP contribution in [0.3, 0.4) is 0 Å². The highest BCUT2D eigenvalue weighted by Crippen LogP contribution is 2.11. The average molecular weight is 219 g/mol. The van der Waals surface area contributed by atoms with Crippen LogP contribution in [0.1, 0.15) is 6.42 Å². The van der Waals surface area contributed by atoms with E-state index in [2.05, 4.69) is 5.32 Å². The smallest absolute Gasteiger partial charge is 0.309 e. The van der Waals surface area contributed by atoms with E-state index in [1.807, 2.05) is 0 Å². The molecular formula is C6H12F3NO2S. The third kappa shape index (κ3) is 11.7. The van der Waals surface area contributed by atoms with Crippen molar-refractivity contribution < 1.29 is 21.6 Å². The Bertz CT molecular complexity index is 235. The molecule has 0 heterocycles. The first-order valence-electron chi connectivity index (χ1n) is 3.66. The summed E-state index contributed by atoms with van der Waals surface area (Å²) in [5.41, 5.74) is 0. The Morgan fingerprint density at radius 2 is 1.85 bits per heavy atom. The van der Waals surface area contributed by atoms with Gasteiger partial charge in [-0.2, -0.15) is 13.2 Å². The average Bonchev–Trinajstić information content (AvgIpc) is 1.81. The molecule has 80 valence electrons. The van der Waals surface area contributed by atoms with Crippen LogP contribution in [-0.2, 0) is 9.84 Å². The summed E-state index contributed by atoms with van der Waals surface area (Å²) in [7, 11) is -3.06. The van der Waals surface area contributed by atoms with Gasteiger partial charge in [0.1, 0.15) is 9.84 Å². The fraction of sp³-hybridized carbons (Fsp3) is 1.00. The highest BCUT2D eigenvalue weighted by molar-refractivity contribution is 7.90. The first kappa shape index (κ1) is 12.7. The van der Waals surface area contributed by atoms with Gasteiger partial charge in [0, 0.05) is 6.26 Å². The molecule has 1 N–H and O–H groups in total. The molecule has 0 aromatic heterocycles. The molecule has 0 atom stereocenters. The molecule has 0 bridgehead atoms. The summed E-state index contributed by atoms with van der Waals surface area (Å²) in [5.74, 6) is -0.0855. The largest absolute Gasteiger partial charge is 0.401 e. The van der Waals surface area contributed by atoms with Crippen LogP contribution in [0, 0.1) is 0 Å². The number of nitrogens with one attached hydrogen (secondary N) is 1. The standard InChI is InChI=1S/C6H12F3NO2S/c1-13(11,12)4-2-3-10-5-6(7,8)9/h10H,2-5H2,1H3. The van der Waals surface area contributed by atoms with E-state index >= 15 is 0 Å². The fourth-order valence-corrected chi connectivity index (χ4v) is 1.36. The molecule has 0 aliphatic heterocycles. The van der Waals surface area contributed by atoms with Gasteiger partial charge in [-0.25, -0.2) is 8.42 Å². The van der Waals surface area contributed by atoms with Gasteiger partial charge in [-0.3, -0.25) is 0 Å². The van der Waals surface area contributed by atoms with Gasteiger partial charge < -0.3 is 5.32 Å². The normalized spacial score (nSPS) is 13.2. The highest BCUT2D eigenvalue weighted by Gasteiger charge is 2.25. The van der Waals surface area contributed by atoms with E-state index in [1.54, 1.807) is 0 Å². The second-order valence-electron chi connectivity index (χ2n) is 2.78. The maximum absolute atomic E-state index is 11.5. The molecule has 0 aromatic rings. The van der Waals surface area contributed by atoms with Crippen LogP contribution in [0.4, 0.5) is 13.2 Å². The summed E-state index contributed by atoms with van der Waals surface area (Å²) < 4.78 is 55.7. The van der Waals surface area contributed by atoms with Crippen molar-refractivity contribution in [1.82, 2.24) is 5.32 Å². The van der Waals surface area contributed by atoms with Crippen LogP contribution in [0.25, 0.3) is 0 Å². The van der Waals surface area contributed by atoms with Gasteiger partial charge in [-0.15, -0.1) is 0 Å². The second-order valence-corrected chi connectivity index (χ2v) is 5.04. The Labute approximate surface area is 75.2 Å². The molecule has 0 spiro atoms. The maximum atomic E-state index is 11.5. The zero-order valence-corrected chi connectivity index (χ0v) is 8.00. The molecule has 7 heteroatoms. The third-order valence-electron chi connectivity index (χ3n) is 1.19. The summed E-state index contributed by atoms with van der Waals surface area (Å²) in [5, 5.41) is 2.11. The van der Waals surface area contributed by atoms with Crippen molar-refractivity contribution in [2.24, 2.45) is 0 Å². The lowest BCUT2D eigenvalue weighted by Gasteiger charge is -2.07. The number of sulfone groups is 1. The van der Waals surface area contributed by atoms with E-state index in [9.17, 15) is 21.6 Å². The monoisotopic (exact) mass is 219 g/mol. The maximum Gasteiger partial charge on any atom is 0.401 e. The van der Waals surface area contributed by atoms with E-state index in [0.29, 0.717) is 0 Å². The molecule has 13 heavy (non-hydrogen) atoms. The zero-order chi connectivity index (χ0) is 10.5. The Morgan fingerprint density at radius 1 is 1.31 bits per heavy atom. The Hall–Kier alpha value is -0.300. The number of halogens is 3. The van der Waals surface area contributed by atoms with Crippen molar-refractivity contribution in [2.75, 3.05) is 25.1 Å². The lowest BCUT2D eigenvalue weighted by atomic mass is 10.4. The van der Waals surface area contributed by atoms with Crippen molar-refractivity contribution >= 4 is 9.84 Å². The molecular weight excluding hydrogens is 207 g/mol. The van der Waals surface area contributed by atoms with Crippen LogP contribution in [0.5, 0.6) is 0 Å². The SMILES string of the molecule is CS(=O)(=O)CCCNCC(F)(F)F. The van der Waals surface area contributed by atoms with Crippen molar-refractivity contribution in [3.63, 3.8) is 0 Å². The molecule has 0 aromatic carbocycles. The molecule has 0 unspecified atom stereocenters. The summed E-state index contributed by atoms with van der Waals surface area (Å²) in [6.07, 6.45) is -2.98. The van der Waals surface area contributed by atoms with E-state index in [-0.39, 0.29) is 18.7 Å². The first-order valence-corrected chi connectivity index (χ1v) is 5.72. The van der Waals surface area contributed by atoms with Crippen LogP contribution in [0.2, 0.25) is 0 Å². The lowest BCUT2D eigenvalue weighted by Crippen LogP contribution is -2.30. The fourth-order valence-electron chi connectivity index (χ4n) is 0.689. The van der Waals surface area contributed by atoms with Crippen LogP contribution < -0.4 is 5.32 Å². The molecule has 3 nitrogen and oxygen atoms in total. The molecule has 0 saturated carbocycles. The second kappa shape index (κ2) is 4.80. The van der Waals surface area contributed by atoms with Gasteiger partial charge in [0.25, 0.3) is 0 Å². The van der Waals surface area contributed by atoms with E-state index < -0.39 is 22.6 Å². The summed E-state index contributed by atoms with van der Waals surface area (Å²) in [6, 6.07) is 0. The molecule has 0 radical (unpaired) electrons. The minimum atomic E-state index is -4.23. The first-order chi connectivity index (χ1) is 5.71. The van der Waals surface area contributed by atoms with Crippen molar-refractivity contribution in [1.29, 1.82) is 0 Å². The van der Waals surface area contributed by atoms with Crippen molar-refractivity contribution in [3.8, 4) is 0 Å². The number of rotatable bonds is 5. The van der Waals surface area contributed by atoms with Crippen LogP contribution in [-0.4, -0.2) is 39.7 Å². The predicted octanol–water partition coefficient (Wildman–Crippen LogP) is 0.573. The number of hydrogen-bond donors (Lipinski definition) is 1. The minimum Gasteiger partial charge on any atom is -0.309 e. The minimum absolute atomic E-state index is 0.0621. The zero-order valence-electron chi connectivity index (χ0n) is 7.19. The highest BCUT2D eigenvalue weighted by atomic mass is 32.2. The van der Waals surface area contributed by atoms with Gasteiger partial charge >= 0.3 is 6.18 Å². The van der Waals surface area contributed by atoms with Crippen molar-refractivity contribution in [2.45, 2.75) is 12.6 Å². The third-order valence-corrected chi connectivity index (χ3v) is 2.22. The summed E-state index contributed by atoms with van der Waals surface area (Å²) in [6.45, 7) is -1.01. The number of alkyl halides is 3. The Morgan fingerprint density at radius 3 is 2.23 bits per heavy atom. The molecule has 0 rings (SSSR count). The van der Waals surface area contributed by atoms with Gasteiger partial charge in [0.05, 0.1) is 12.3 Å². The van der Waals surface area contributed by atoms with Gasteiger partial charge in [0.15, 0.2) is 0 Å². The molecule has 0 aliphatic carbocycles. The van der Waals surface area contributed by atoms with Gasteiger partial charge in [-0.05, 0) is 13.0 Å². The Balaban J connectivity index is 3.39. The summed E-state index contributed by atoms with van der Waals surface area (Å²) >= 11 is 0. The van der Waals surface area contributed by atoms with E-state index in [1.165, 1.54) is 0 Å². The van der Waals surface area contributed by atoms with E-state index in [0.717, 1.165) is 6.26 Å². The molecule has 0 saturated heterocycles. The lowest BCUT2D eigenvalue weighted by molar-refractivity contribution is -0.124. The quantitative estimate of drug-likeness (QED) is 0.688. The molecule has 0 aliphatic rings. The van der Waals surface area contributed by atoms with Gasteiger partial charge in [0.2, 0.25) is 0 Å². The van der Waals surface area contributed by atoms with Gasteiger partial charge in [-0.1, -0.05) is 0 Å². The van der Waals surface area contributed by atoms with Crippen LogP contribution in [0.15, 0.2) is 0 Å². The van der Waals surface area contributed by atoms with Crippen molar-refractivity contribution in [3.05, 3.63) is 0 Å². The molecule has 0 amide bonds. The number of hydrogen-bond acceptors (Lipinski definition) is 3. The topological polar surface area (TPSA) is 46.2 Å².